The SMILES string of the molecule is CCP(=O)(O)Oc1c(C=NCC[N+](C)(C)C)cccc1C(C)(C)C. The fraction of sp³-hybridized carbons (Fsp3) is 0.611. The van der Waals surface area contributed by atoms with Gasteiger partial charge >= 0.3 is 7.60 Å². The van der Waals surface area contributed by atoms with Crippen molar-refractivity contribution in [1.82, 2.24) is 0 Å². The van der Waals surface area contributed by atoms with E-state index < -0.39 is 7.60 Å². The summed E-state index contributed by atoms with van der Waals surface area (Å²) in [6.45, 7) is 9.42. The van der Waals surface area contributed by atoms with Gasteiger partial charge in [-0.2, -0.15) is 0 Å². The van der Waals surface area contributed by atoms with E-state index in [1.165, 1.54) is 0 Å². The Kier molecular flexibility index (Phi) is 6.80. The number of nitrogens with zero attached hydrogens (tertiary/aromatic N) is 2. The average molecular weight is 355 g/mol. The minimum Gasteiger partial charge on any atom is -0.423 e. The van der Waals surface area contributed by atoms with Crippen molar-refractivity contribution in [2.75, 3.05) is 40.4 Å². The Hall–Kier alpha value is -1.16. The Morgan fingerprint density at radius 1 is 1.29 bits per heavy atom. The van der Waals surface area contributed by atoms with Crippen molar-refractivity contribution in [3.63, 3.8) is 0 Å². The number of benzene rings is 1. The highest BCUT2D eigenvalue weighted by molar-refractivity contribution is 7.53. The van der Waals surface area contributed by atoms with Gasteiger partial charge in [-0.1, -0.05) is 39.8 Å². The van der Waals surface area contributed by atoms with Gasteiger partial charge in [0.05, 0.1) is 40.4 Å². The molecule has 0 aliphatic carbocycles. The van der Waals surface area contributed by atoms with Gasteiger partial charge in [-0.3, -0.25) is 4.99 Å². The fourth-order valence-corrected chi connectivity index (χ4v) is 2.69. The summed E-state index contributed by atoms with van der Waals surface area (Å²) in [5.41, 5.74) is 1.45. The lowest BCUT2D eigenvalue weighted by Crippen LogP contribution is -2.36. The van der Waals surface area contributed by atoms with E-state index in [-0.39, 0.29) is 11.6 Å². The van der Waals surface area contributed by atoms with Crippen molar-refractivity contribution in [3.05, 3.63) is 29.3 Å². The third-order valence-corrected chi connectivity index (χ3v) is 4.88. The van der Waals surface area contributed by atoms with Crippen LogP contribution in [0.3, 0.4) is 0 Å². The van der Waals surface area contributed by atoms with Crippen molar-refractivity contribution in [2.45, 2.75) is 33.1 Å². The molecule has 1 unspecified atom stereocenters. The van der Waals surface area contributed by atoms with Crippen molar-refractivity contribution in [3.8, 4) is 5.75 Å². The Labute approximate surface area is 146 Å². The Morgan fingerprint density at radius 3 is 2.42 bits per heavy atom. The van der Waals surface area contributed by atoms with E-state index in [4.69, 9.17) is 4.52 Å². The predicted octanol–water partition coefficient (Wildman–Crippen LogP) is 3.69. The maximum absolute atomic E-state index is 12.1. The van der Waals surface area contributed by atoms with Gasteiger partial charge in [-0.25, -0.2) is 4.57 Å². The zero-order valence-corrected chi connectivity index (χ0v) is 16.9. The summed E-state index contributed by atoms with van der Waals surface area (Å²) in [5, 5.41) is 0. The molecule has 0 aromatic heterocycles. The average Bonchev–Trinajstić information content (AvgIpc) is 2.42. The minimum absolute atomic E-state index is 0.0730. The summed E-state index contributed by atoms with van der Waals surface area (Å²) in [5.74, 6) is 0.465. The maximum atomic E-state index is 12.1. The first kappa shape index (κ1) is 20.9. The monoisotopic (exact) mass is 355 g/mol. The third kappa shape index (κ3) is 6.76. The number of quaternary nitrogens is 1. The zero-order valence-electron chi connectivity index (χ0n) is 16.0. The number of hydrogen-bond acceptors (Lipinski definition) is 3. The molecular weight excluding hydrogens is 323 g/mol. The molecule has 5 nitrogen and oxygen atoms in total. The minimum atomic E-state index is -3.65. The van der Waals surface area contributed by atoms with Gasteiger partial charge in [0, 0.05) is 17.3 Å². The van der Waals surface area contributed by atoms with Crippen molar-refractivity contribution < 1.29 is 18.5 Å². The maximum Gasteiger partial charge on any atom is 0.376 e. The summed E-state index contributed by atoms with van der Waals surface area (Å²) in [6, 6.07) is 5.74. The molecule has 24 heavy (non-hydrogen) atoms. The molecule has 0 aliphatic rings. The number of para-hydroxylation sites is 1. The van der Waals surface area contributed by atoms with Crippen molar-refractivity contribution in [1.29, 1.82) is 0 Å². The van der Waals surface area contributed by atoms with Gasteiger partial charge in [0.15, 0.2) is 0 Å². The first-order valence-electron chi connectivity index (χ1n) is 8.31. The van der Waals surface area contributed by atoms with Crippen LogP contribution in [0.5, 0.6) is 5.75 Å². The highest BCUT2D eigenvalue weighted by Gasteiger charge is 2.26. The smallest absolute Gasteiger partial charge is 0.376 e. The Balaban J connectivity index is 3.19. The van der Waals surface area contributed by atoms with E-state index in [0.717, 1.165) is 22.2 Å². The van der Waals surface area contributed by atoms with Crippen LogP contribution in [0.25, 0.3) is 0 Å². The highest BCUT2D eigenvalue weighted by atomic mass is 31.2. The lowest BCUT2D eigenvalue weighted by molar-refractivity contribution is -0.868. The first-order chi connectivity index (χ1) is 10.9. The van der Waals surface area contributed by atoms with E-state index in [2.05, 4.69) is 46.9 Å². The Bertz CT molecular complexity index is 628. The van der Waals surface area contributed by atoms with E-state index in [0.29, 0.717) is 12.3 Å². The molecule has 0 saturated heterocycles. The molecule has 0 amide bonds. The number of rotatable bonds is 7. The molecule has 1 atom stereocenters. The molecule has 0 radical (unpaired) electrons. The van der Waals surface area contributed by atoms with Gasteiger partial charge < -0.3 is 13.9 Å². The largest absolute Gasteiger partial charge is 0.423 e. The Morgan fingerprint density at radius 2 is 1.92 bits per heavy atom. The summed E-state index contributed by atoms with van der Waals surface area (Å²) < 4.78 is 18.5. The summed E-state index contributed by atoms with van der Waals surface area (Å²) >= 11 is 0. The molecule has 6 heteroatoms. The summed E-state index contributed by atoms with van der Waals surface area (Å²) in [7, 11) is 2.71. The van der Waals surface area contributed by atoms with E-state index in [1.54, 1.807) is 13.1 Å². The van der Waals surface area contributed by atoms with Crippen LogP contribution in [0.1, 0.15) is 38.8 Å². The molecule has 1 rings (SSSR count). The van der Waals surface area contributed by atoms with Crippen LogP contribution in [0, 0.1) is 0 Å². The van der Waals surface area contributed by atoms with Crippen LogP contribution < -0.4 is 4.52 Å². The van der Waals surface area contributed by atoms with Crippen molar-refractivity contribution in [2.24, 2.45) is 4.99 Å². The highest BCUT2D eigenvalue weighted by Crippen LogP contribution is 2.46. The topological polar surface area (TPSA) is 58.9 Å². The van der Waals surface area contributed by atoms with E-state index >= 15 is 0 Å². The number of hydrogen-bond donors (Lipinski definition) is 1. The molecule has 0 aliphatic heterocycles. The summed E-state index contributed by atoms with van der Waals surface area (Å²) in [6.07, 6.45) is 1.82. The predicted molar refractivity (Wildman–Crippen MR) is 101 cm³/mol. The molecule has 1 aromatic carbocycles. The van der Waals surface area contributed by atoms with Crippen LogP contribution >= 0.6 is 7.60 Å². The molecule has 0 spiro atoms. The second kappa shape index (κ2) is 7.81. The molecule has 0 heterocycles. The van der Waals surface area contributed by atoms with Gasteiger partial charge in [0.2, 0.25) is 0 Å². The molecule has 0 saturated carbocycles. The van der Waals surface area contributed by atoms with Crippen LogP contribution in [-0.2, 0) is 9.98 Å². The molecule has 0 fully saturated rings. The van der Waals surface area contributed by atoms with E-state index in [9.17, 15) is 9.46 Å². The second-order valence-corrected chi connectivity index (χ2v) is 10.2. The fourth-order valence-electron chi connectivity index (χ4n) is 2.08. The van der Waals surface area contributed by atoms with Crippen LogP contribution in [0.4, 0.5) is 0 Å². The third-order valence-electron chi connectivity index (χ3n) is 3.62. The van der Waals surface area contributed by atoms with Crippen LogP contribution in [0.2, 0.25) is 0 Å². The van der Waals surface area contributed by atoms with E-state index in [1.807, 2.05) is 18.2 Å². The molecule has 1 N–H and O–H groups in total. The zero-order chi connectivity index (χ0) is 18.6. The normalized spacial score (nSPS) is 15.5. The molecule has 0 bridgehead atoms. The van der Waals surface area contributed by atoms with Gasteiger partial charge in [0.1, 0.15) is 5.75 Å². The molecule has 136 valence electrons. The number of likely N-dealkylation sites (N-methyl/N-ethyl adjacent to an activating group) is 1. The quantitative estimate of drug-likeness (QED) is 0.461. The van der Waals surface area contributed by atoms with Gasteiger partial charge in [-0.15, -0.1) is 0 Å². The van der Waals surface area contributed by atoms with Crippen LogP contribution in [-0.4, -0.2) is 56.0 Å². The van der Waals surface area contributed by atoms with Gasteiger partial charge in [-0.05, 0) is 11.5 Å². The number of aliphatic imine (C=N–C) groups is 1. The summed E-state index contributed by atoms with van der Waals surface area (Å²) in [4.78, 5) is 14.4. The molecule has 1 aromatic rings. The second-order valence-electron chi connectivity index (χ2n) is 8.07. The molecular formula is C18H32N2O3P+. The lowest BCUT2D eigenvalue weighted by Gasteiger charge is -2.25. The standard InChI is InChI=1S/C18H31N2O3P/c1-8-24(21,22)23-17-15(14-19-12-13-20(5,6)7)10-9-11-16(17)18(2,3)4/h9-11,14H,8,12-13H2,1-7H3/p+1. The van der Waals surface area contributed by atoms with Gasteiger partial charge in [0.25, 0.3) is 0 Å². The van der Waals surface area contributed by atoms with Crippen molar-refractivity contribution >= 4 is 13.8 Å². The first-order valence-corrected chi connectivity index (χ1v) is 10.1. The van der Waals surface area contributed by atoms with Crippen LogP contribution in [0.15, 0.2) is 23.2 Å². The lowest BCUT2D eigenvalue weighted by atomic mass is 9.85.